The van der Waals surface area contributed by atoms with Crippen LogP contribution in [0.25, 0.3) is 0 Å². The Morgan fingerprint density at radius 2 is 1.62 bits per heavy atom. The van der Waals surface area contributed by atoms with Gasteiger partial charge in [-0.3, -0.25) is 0 Å². The molecule has 78 valence electrons. The molecule has 0 aromatic heterocycles. The van der Waals surface area contributed by atoms with Gasteiger partial charge in [-0.05, 0) is 0 Å². The van der Waals surface area contributed by atoms with E-state index in [1.54, 1.807) is 0 Å². The number of aliphatic imine (C=N–C) groups is 1. The van der Waals surface area contributed by atoms with Gasteiger partial charge >= 0.3 is 101 Å². The molecular formula is C14H11NSe. The zero-order valence-corrected chi connectivity index (χ0v) is 10.5. The molecule has 0 radical (unpaired) electrons. The van der Waals surface area contributed by atoms with Crippen LogP contribution in [0.1, 0.15) is 5.56 Å². The van der Waals surface area contributed by atoms with Crippen LogP contribution in [0.15, 0.2) is 59.6 Å². The third-order valence-corrected chi connectivity index (χ3v) is 4.85. The van der Waals surface area contributed by atoms with Gasteiger partial charge in [-0.2, -0.15) is 0 Å². The van der Waals surface area contributed by atoms with E-state index in [2.05, 4.69) is 48.5 Å². The van der Waals surface area contributed by atoms with Gasteiger partial charge in [-0.15, -0.1) is 0 Å². The molecule has 1 heterocycles. The fourth-order valence-corrected chi connectivity index (χ4v) is 3.79. The molecule has 0 saturated carbocycles. The van der Waals surface area contributed by atoms with Crippen molar-refractivity contribution in [2.24, 2.45) is 4.99 Å². The number of fused-ring (bicyclic) bond motifs is 1. The maximum absolute atomic E-state index is 4.75. The Kier molecular flexibility index (Phi) is 2.61. The van der Waals surface area contributed by atoms with Crippen molar-refractivity contribution in [3.63, 3.8) is 0 Å². The number of hydrogen-bond donors (Lipinski definition) is 0. The van der Waals surface area contributed by atoms with Crippen LogP contribution in [-0.2, 0) is 0 Å². The van der Waals surface area contributed by atoms with E-state index in [4.69, 9.17) is 4.99 Å². The number of nitrogens with zero attached hydrogens (tertiary/aromatic N) is 1. The Morgan fingerprint density at radius 3 is 2.50 bits per heavy atom. The molecule has 0 aliphatic carbocycles. The van der Waals surface area contributed by atoms with Crippen molar-refractivity contribution in [2.45, 2.75) is 5.32 Å². The van der Waals surface area contributed by atoms with Crippen LogP contribution >= 0.6 is 0 Å². The van der Waals surface area contributed by atoms with Crippen molar-refractivity contribution in [3.05, 3.63) is 60.2 Å². The third-order valence-electron chi connectivity index (χ3n) is 2.59. The average molecular weight is 272 g/mol. The number of rotatable bonds is 1. The first kappa shape index (κ1) is 9.83. The standard InChI is InChI=1S/C14H11NSe/c1-2-6-11(7-3-1)13-10-16-14-9-5-4-8-12(14)15-13/h1-9H,10H2. The number of para-hydroxylation sites is 1. The molecule has 0 N–H and O–H groups in total. The van der Waals surface area contributed by atoms with Gasteiger partial charge in [0.1, 0.15) is 0 Å². The van der Waals surface area contributed by atoms with Gasteiger partial charge in [0.2, 0.25) is 0 Å². The SMILES string of the molecule is c1ccc(C2=Nc3ccccc3[Se]C2)cc1. The van der Waals surface area contributed by atoms with Gasteiger partial charge in [0.15, 0.2) is 0 Å². The van der Waals surface area contributed by atoms with Crippen molar-refractivity contribution in [3.8, 4) is 0 Å². The Hall–Kier alpha value is -1.37. The molecule has 2 aromatic carbocycles. The monoisotopic (exact) mass is 273 g/mol. The first-order chi connectivity index (χ1) is 7.93. The second-order valence-electron chi connectivity index (χ2n) is 3.68. The van der Waals surface area contributed by atoms with Gasteiger partial charge in [0.05, 0.1) is 0 Å². The van der Waals surface area contributed by atoms with Gasteiger partial charge in [0.25, 0.3) is 0 Å². The molecule has 16 heavy (non-hydrogen) atoms. The minimum atomic E-state index is 0.531. The molecule has 2 heteroatoms. The summed E-state index contributed by atoms with van der Waals surface area (Å²) < 4.78 is 1.43. The Balaban J connectivity index is 2.04. The fourth-order valence-electron chi connectivity index (χ4n) is 1.77. The second kappa shape index (κ2) is 4.25. The molecule has 0 bridgehead atoms. The molecule has 2 aromatic rings. The summed E-state index contributed by atoms with van der Waals surface area (Å²) >= 11 is 0.531. The van der Waals surface area contributed by atoms with Crippen LogP contribution in [-0.4, -0.2) is 20.7 Å². The van der Waals surface area contributed by atoms with Crippen LogP contribution in [0.4, 0.5) is 5.69 Å². The summed E-state index contributed by atoms with van der Waals surface area (Å²) in [5.74, 6) is 0. The van der Waals surface area contributed by atoms with E-state index in [1.807, 2.05) is 6.07 Å². The predicted molar refractivity (Wildman–Crippen MR) is 69.3 cm³/mol. The van der Waals surface area contributed by atoms with Gasteiger partial charge < -0.3 is 0 Å². The molecule has 0 saturated heterocycles. The molecule has 3 rings (SSSR count). The van der Waals surface area contributed by atoms with Crippen molar-refractivity contribution >= 4 is 30.8 Å². The van der Waals surface area contributed by atoms with Gasteiger partial charge in [-0.1, -0.05) is 0 Å². The summed E-state index contributed by atoms with van der Waals surface area (Å²) in [6.07, 6.45) is 0. The first-order valence-corrected chi connectivity index (χ1v) is 7.35. The minimum absolute atomic E-state index is 0.531. The predicted octanol–water partition coefficient (Wildman–Crippen LogP) is 2.57. The number of hydrogen-bond acceptors (Lipinski definition) is 1. The molecule has 0 unspecified atom stereocenters. The fraction of sp³-hybridized carbons (Fsp3) is 0.0714. The summed E-state index contributed by atoms with van der Waals surface area (Å²) in [4.78, 5) is 4.75. The van der Waals surface area contributed by atoms with E-state index < -0.39 is 0 Å². The van der Waals surface area contributed by atoms with Gasteiger partial charge in [-0.25, -0.2) is 0 Å². The Labute approximate surface area is 101 Å². The van der Waals surface area contributed by atoms with Crippen LogP contribution in [0.3, 0.4) is 0 Å². The summed E-state index contributed by atoms with van der Waals surface area (Å²) in [5.41, 5.74) is 3.66. The van der Waals surface area contributed by atoms with Crippen molar-refractivity contribution in [2.75, 3.05) is 0 Å². The summed E-state index contributed by atoms with van der Waals surface area (Å²) in [5, 5.41) is 1.11. The Morgan fingerprint density at radius 1 is 0.875 bits per heavy atom. The maximum atomic E-state index is 4.75. The zero-order chi connectivity index (χ0) is 10.8. The summed E-state index contributed by atoms with van der Waals surface area (Å²) in [6.45, 7) is 0. The first-order valence-electron chi connectivity index (χ1n) is 5.28. The van der Waals surface area contributed by atoms with Crippen LogP contribution in [0.2, 0.25) is 5.32 Å². The third kappa shape index (κ3) is 1.82. The molecular weight excluding hydrogens is 261 g/mol. The van der Waals surface area contributed by atoms with E-state index >= 15 is 0 Å². The van der Waals surface area contributed by atoms with E-state index in [-0.39, 0.29) is 0 Å². The van der Waals surface area contributed by atoms with Crippen molar-refractivity contribution < 1.29 is 0 Å². The van der Waals surface area contributed by atoms with Crippen molar-refractivity contribution in [1.29, 1.82) is 0 Å². The zero-order valence-electron chi connectivity index (χ0n) is 8.76. The van der Waals surface area contributed by atoms with Crippen molar-refractivity contribution in [1.82, 2.24) is 0 Å². The molecule has 0 amide bonds. The topological polar surface area (TPSA) is 12.4 Å². The molecule has 1 aliphatic heterocycles. The Bertz CT molecular complexity index is 531. The number of benzene rings is 2. The van der Waals surface area contributed by atoms with Crippen LogP contribution in [0.5, 0.6) is 0 Å². The molecule has 0 spiro atoms. The average Bonchev–Trinajstić information content (AvgIpc) is 2.39. The molecule has 0 fully saturated rings. The molecule has 0 atom stereocenters. The molecule has 1 nitrogen and oxygen atoms in total. The molecule has 1 aliphatic rings. The van der Waals surface area contributed by atoms with E-state index in [1.165, 1.54) is 15.7 Å². The second-order valence-corrected chi connectivity index (χ2v) is 5.82. The normalized spacial score (nSPS) is 14.1. The van der Waals surface area contributed by atoms with Gasteiger partial charge in [0, 0.05) is 0 Å². The van der Waals surface area contributed by atoms with E-state index in [0.29, 0.717) is 15.0 Å². The van der Waals surface area contributed by atoms with Crippen LogP contribution < -0.4 is 4.46 Å². The van der Waals surface area contributed by atoms with E-state index in [0.717, 1.165) is 11.0 Å². The summed E-state index contributed by atoms with van der Waals surface area (Å²) in [6, 6.07) is 18.9. The van der Waals surface area contributed by atoms with Crippen LogP contribution in [0, 0.1) is 0 Å². The summed E-state index contributed by atoms with van der Waals surface area (Å²) in [7, 11) is 0. The quantitative estimate of drug-likeness (QED) is 0.707. The van der Waals surface area contributed by atoms with E-state index in [9.17, 15) is 0 Å².